The van der Waals surface area contributed by atoms with E-state index in [4.69, 9.17) is 4.74 Å². The van der Waals surface area contributed by atoms with Gasteiger partial charge in [-0.2, -0.15) is 0 Å². The van der Waals surface area contributed by atoms with Crippen LogP contribution in [0.2, 0.25) is 0 Å². The zero-order chi connectivity index (χ0) is 21.1. The van der Waals surface area contributed by atoms with Gasteiger partial charge in [-0.15, -0.1) is 0 Å². The van der Waals surface area contributed by atoms with Gasteiger partial charge in [-0.1, -0.05) is 12.1 Å². The molecule has 156 valence electrons. The Hall–Kier alpha value is -2.24. The van der Waals surface area contributed by atoms with Crippen molar-refractivity contribution in [1.29, 1.82) is 0 Å². The molecular formula is C24H33N3O2. The van der Waals surface area contributed by atoms with Crippen molar-refractivity contribution in [3.63, 3.8) is 0 Å². The smallest absolute Gasteiger partial charge is 0.219 e. The number of Topliss-reactive ketones (excluding diaryl/α,β-unsaturated/α-hetero) is 1. The predicted octanol–water partition coefficient (Wildman–Crippen LogP) is 4.72. The molecule has 1 saturated heterocycles. The topological polar surface area (TPSA) is 63.2 Å². The molecule has 0 spiro atoms. The van der Waals surface area contributed by atoms with Crippen LogP contribution in [0.5, 0.6) is 11.6 Å². The number of hydrogen-bond donors (Lipinski definition) is 2. The second-order valence-electron chi connectivity index (χ2n) is 9.46. The van der Waals surface area contributed by atoms with Crippen LogP contribution in [0, 0.1) is 5.92 Å². The van der Waals surface area contributed by atoms with Crippen molar-refractivity contribution in [2.75, 3.05) is 7.05 Å². The summed E-state index contributed by atoms with van der Waals surface area (Å²) in [6, 6.07) is 11.5. The maximum atomic E-state index is 12.8. The van der Waals surface area contributed by atoms with E-state index in [-0.39, 0.29) is 16.9 Å². The van der Waals surface area contributed by atoms with E-state index in [1.165, 1.54) is 0 Å². The van der Waals surface area contributed by atoms with E-state index < -0.39 is 0 Å². The molecule has 0 aliphatic carbocycles. The number of pyridine rings is 1. The molecule has 1 fully saturated rings. The molecule has 2 aromatic rings. The van der Waals surface area contributed by atoms with Gasteiger partial charge in [-0.3, -0.25) is 4.79 Å². The zero-order valence-electron chi connectivity index (χ0n) is 18.2. The molecule has 2 N–H and O–H groups in total. The lowest BCUT2D eigenvalue weighted by Crippen LogP contribution is -2.57. The molecule has 0 saturated carbocycles. The Balaban J connectivity index is 1.62. The Bertz CT molecular complexity index is 827. The standard InChI is InChI=1S/C24H33N3O2/c1-23(2)13-18(14-24(3,4)27-23)12-21(28)19-9-10-22(26-16-19)29-20-8-6-7-17(11-20)15-25-5/h6-11,16,18,25,27H,12-15H2,1-5H3. The van der Waals surface area contributed by atoms with Crippen LogP contribution in [-0.2, 0) is 6.54 Å². The predicted molar refractivity (Wildman–Crippen MR) is 116 cm³/mol. The Labute approximate surface area is 174 Å². The van der Waals surface area contributed by atoms with Gasteiger partial charge in [0.05, 0.1) is 0 Å². The third-order valence-electron chi connectivity index (χ3n) is 5.31. The van der Waals surface area contributed by atoms with Crippen LogP contribution in [-0.4, -0.2) is 28.9 Å². The van der Waals surface area contributed by atoms with E-state index in [0.717, 1.165) is 30.7 Å². The normalized spacial score (nSPS) is 18.4. The molecule has 2 heterocycles. The molecular weight excluding hydrogens is 362 g/mol. The summed E-state index contributed by atoms with van der Waals surface area (Å²) in [5.41, 5.74) is 1.88. The first kappa shape index (κ1) is 21.5. The van der Waals surface area contributed by atoms with Crippen molar-refractivity contribution in [3.05, 3.63) is 53.7 Å². The summed E-state index contributed by atoms with van der Waals surface area (Å²) < 4.78 is 5.85. The summed E-state index contributed by atoms with van der Waals surface area (Å²) in [4.78, 5) is 17.2. The first-order valence-electron chi connectivity index (χ1n) is 10.4. The van der Waals surface area contributed by atoms with Gasteiger partial charge in [0.2, 0.25) is 5.88 Å². The maximum Gasteiger partial charge on any atom is 0.219 e. The summed E-state index contributed by atoms with van der Waals surface area (Å²) in [5, 5.41) is 6.80. The van der Waals surface area contributed by atoms with Crippen molar-refractivity contribution in [1.82, 2.24) is 15.6 Å². The number of carbonyl (C=O) groups excluding carboxylic acids is 1. The Kier molecular flexibility index (Phi) is 6.39. The zero-order valence-corrected chi connectivity index (χ0v) is 18.2. The van der Waals surface area contributed by atoms with Gasteiger partial charge in [-0.05, 0) is 77.3 Å². The van der Waals surface area contributed by atoms with Crippen LogP contribution < -0.4 is 15.4 Å². The highest BCUT2D eigenvalue weighted by molar-refractivity contribution is 5.96. The van der Waals surface area contributed by atoms with Gasteiger partial charge in [0.25, 0.3) is 0 Å². The minimum atomic E-state index is 0.0461. The second-order valence-corrected chi connectivity index (χ2v) is 9.46. The number of ketones is 1. The fraction of sp³-hybridized carbons (Fsp3) is 0.500. The molecule has 1 aliphatic heterocycles. The molecule has 5 heteroatoms. The third-order valence-corrected chi connectivity index (χ3v) is 5.31. The Morgan fingerprint density at radius 2 is 1.90 bits per heavy atom. The minimum absolute atomic E-state index is 0.0461. The lowest BCUT2D eigenvalue weighted by Gasteiger charge is -2.46. The summed E-state index contributed by atoms with van der Waals surface area (Å²) in [7, 11) is 1.91. The Morgan fingerprint density at radius 3 is 2.52 bits per heavy atom. The fourth-order valence-electron chi connectivity index (χ4n) is 4.71. The van der Waals surface area contributed by atoms with Gasteiger partial charge < -0.3 is 15.4 Å². The molecule has 0 amide bonds. The van der Waals surface area contributed by atoms with Crippen LogP contribution in [0.3, 0.4) is 0 Å². The van der Waals surface area contributed by atoms with Crippen molar-refractivity contribution in [2.45, 2.75) is 64.6 Å². The van der Waals surface area contributed by atoms with Crippen molar-refractivity contribution in [2.24, 2.45) is 5.92 Å². The van der Waals surface area contributed by atoms with Crippen LogP contribution >= 0.6 is 0 Å². The fourth-order valence-corrected chi connectivity index (χ4v) is 4.71. The van der Waals surface area contributed by atoms with Gasteiger partial charge in [0, 0.05) is 41.9 Å². The molecule has 1 aromatic carbocycles. The first-order chi connectivity index (χ1) is 13.7. The molecule has 0 bridgehead atoms. The maximum absolute atomic E-state index is 12.8. The molecule has 0 atom stereocenters. The number of hydrogen-bond acceptors (Lipinski definition) is 5. The highest BCUT2D eigenvalue weighted by atomic mass is 16.5. The van der Waals surface area contributed by atoms with Gasteiger partial charge in [0.15, 0.2) is 5.78 Å². The number of aromatic nitrogens is 1. The van der Waals surface area contributed by atoms with Crippen molar-refractivity contribution in [3.8, 4) is 11.6 Å². The van der Waals surface area contributed by atoms with E-state index in [1.807, 2.05) is 37.4 Å². The number of ether oxygens (including phenoxy) is 1. The Morgan fingerprint density at radius 1 is 1.17 bits per heavy atom. The molecule has 3 rings (SSSR count). The molecule has 1 aliphatic rings. The molecule has 29 heavy (non-hydrogen) atoms. The SMILES string of the molecule is CNCc1cccc(Oc2ccc(C(=O)CC3CC(C)(C)NC(C)(C)C3)cn2)c1. The molecule has 0 radical (unpaired) electrons. The van der Waals surface area contributed by atoms with E-state index in [0.29, 0.717) is 23.8 Å². The van der Waals surface area contributed by atoms with E-state index >= 15 is 0 Å². The van der Waals surface area contributed by atoms with E-state index in [1.54, 1.807) is 12.3 Å². The average Bonchev–Trinajstić information content (AvgIpc) is 2.60. The molecule has 0 unspecified atom stereocenters. The van der Waals surface area contributed by atoms with E-state index in [2.05, 4.69) is 43.3 Å². The number of rotatable bonds is 7. The first-order valence-corrected chi connectivity index (χ1v) is 10.4. The number of nitrogens with zero attached hydrogens (tertiary/aromatic N) is 1. The van der Waals surface area contributed by atoms with Crippen molar-refractivity contribution >= 4 is 5.78 Å². The molecule has 1 aromatic heterocycles. The van der Waals surface area contributed by atoms with E-state index in [9.17, 15) is 4.79 Å². The lowest BCUT2D eigenvalue weighted by atomic mass is 9.74. The van der Waals surface area contributed by atoms with Crippen LogP contribution in [0.1, 0.15) is 62.9 Å². The largest absolute Gasteiger partial charge is 0.439 e. The average molecular weight is 396 g/mol. The second kappa shape index (κ2) is 8.64. The summed E-state index contributed by atoms with van der Waals surface area (Å²) in [6.07, 6.45) is 4.19. The van der Waals surface area contributed by atoms with Gasteiger partial charge >= 0.3 is 0 Å². The monoisotopic (exact) mass is 395 g/mol. The van der Waals surface area contributed by atoms with Crippen LogP contribution in [0.4, 0.5) is 0 Å². The van der Waals surface area contributed by atoms with Crippen LogP contribution in [0.25, 0.3) is 0 Å². The lowest BCUT2D eigenvalue weighted by molar-refractivity contribution is 0.0864. The quantitative estimate of drug-likeness (QED) is 0.664. The highest BCUT2D eigenvalue weighted by Gasteiger charge is 2.38. The number of piperidine rings is 1. The molecule has 5 nitrogen and oxygen atoms in total. The van der Waals surface area contributed by atoms with Gasteiger partial charge in [-0.25, -0.2) is 4.98 Å². The minimum Gasteiger partial charge on any atom is -0.439 e. The summed E-state index contributed by atoms with van der Waals surface area (Å²) in [6.45, 7) is 9.63. The number of carbonyl (C=O) groups is 1. The number of benzene rings is 1. The summed E-state index contributed by atoms with van der Waals surface area (Å²) in [5.74, 6) is 1.76. The van der Waals surface area contributed by atoms with Crippen LogP contribution in [0.15, 0.2) is 42.6 Å². The van der Waals surface area contributed by atoms with Gasteiger partial charge in [0.1, 0.15) is 5.75 Å². The number of nitrogens with one attached hydrogen (secondary N) is 2. The summed E-state index contributed by atoms with van der Waals surface area (Å²) >= 11 is 0. The third kappa shape index (κ3) is 6.12. The van der Waals surface area contributed by atoms with Crippen molar-refractivity contribution < 1.29 is 9.53 Å². The highest BCUT2D eigenvalue weighted by Crippen LogP contribution is 2.35.